The maximum atomic E-state index is 11.0. The average molecular weight is 229 g/mol. The normalized spacial score (nSPS) is 19.9. The third kappa shape index (κ3) is 6.08. The molecule has 16 heavy (non-hydrogen) atoms. The van der Waals surface area contributed by atoms with E-state index in [1.165, 1.54) is 12.8 Å². The molecule has 1 N–H and O–H groups in total. The summed E-state index contributed by atoms with van der Waals surface area (Å²) >= 11 is 0. The highest BCUT2D eigenvalue weighted by atomic mass is 16.5. The summed E-state index contributed by atoms with van der Waals surface area (Å²) in [5.41, 5.74) is 0. The van der Waals surface area contributed by atoms with Gasteiger partial charge in [0.2, 0.25) is 0 Å². The molecule has 1 saturated heterocycles. The summed E-state index contributed by atoms with van der Waals surface area (Å²) < 4.78 is 10.4. The molecule has 94 valence electrons. The first-order chi connectivity index (χ1) is 7.83. The van der Waals surface area contributed by atoms with Gasteiger partial charge in [-0.2, -0.15) is 0 Å². The van der Waals surface area contributed by atoms with E-state index in [4.69, 9.17) is 9.47 Å². The molecular formula is C12H23NO3. The van der Waals surface area contributed by atoms with Crippen LogP contribution >= 0.6 is 0 Å². The van der Waals surface area contributed by atoms with Gasteiger partial charge < -0.3 is 14.8 Å². The van der Waals surface area contributed by atoms with Crippen molar-refractivity contribution in [3.05, 3.63) is 0 Å². The molecule has 0 aliphatic carbocycles. The van der Waals surface area contributed by atoms with Crippen molar-refractivity contribution in [3.63, 3.8) is 0 Å². The Morgan fingerprint density at radius 3 is 3.06 bits per heavy atom. The minimum Gasteiger partial charge on any atom is -0.466 e. The summed E-state index contributed by atoms with van der Waals surface area (Å²) in [5.74, 6) is -0.0940. The lowest BCUT2D eigenvalue weighted by Crippen LogP contribution is -2.21. The van der Waals surface area contributed by atoms with Crippen LogP contribution in [0.25, 0.3) is 0 Å². The molecule has 4 heteroatoms. The first-order valence-electron chi connectivity index (χ1n) is 6.31. The zero-order chi connectivity index (χ0) is 11.6. The van der Waals surface area contributed by atoms with Crippen molar-refractivity contribution in [2.45, 2.75) is 45.1 Å². The molecule has 0 saturated carbocycles. The molecule has 1 aliphatic heterocycles. The lowest BCUT2D eigenvalue weighted by molar-refractivity contribution is -0.143. The monoisotopic (exact) mass is 229 g/mol. The second-order valence-corrected chi connectivity index (χ2v) is 4.08. The Kier molecular flexibility index (Phi) is 7.17. The molecule has 1 atom stereocenters. The van der Waals surface area contributed by atoms with Crippen LogP contribution in [-0.2, 0) is 14.3 Å². The van der Waals surface area contributed by atoms with Crippen molar-refractivity contribution in [2.24, 2.45) is 0 Å². The number of hydrogen-bond acceptors (Lipinski definition) is 4. The van der Waals surface area contributed by atoms with Crippen LogP contribution in [0.1, 0.15) is 39.0 Å². The molecule has 4 nitrogen and oxygen atoms in total. The van der Waals surface area contributed by atoms with Gasteiger partial charge in [0.15, 0.2) is 0 Å². The number of esters is 1. The second-order valence-electron chi connectivity index (χ2n) is 4.08. The van der Waals surface area contributed by atoms with Crippen LogP contribution < -0.4 is 5.32 Å². The van der Waals surface area contributed by atoms with E-state index < -0.39 is 0 Å². The zero-order valence-corrected chi connectivity index (χ0v) is 10.2. The van der Waals surface area contributed by atoms with Crippen LogP contribution in [0.3, 0.4) is 0 Å². The van der Waals surface area contributed by atoms with Crippen LogP contribution in [0.4, 0.5) is 0 Å². The van der Waals surface area contributed by atoms with Crippen LogP contribution in [0.15, 0.2) is 0 Å². The zero-order valence-electron chi connectivity index (χ0n) is 10.2. The first kappa shape index (κ1) is 13.5. The van der Waals surface area contributed by atoms with Gasteiger partial charge in [0.05, 0.1) is 12.7 Å². The Hall–Kier alpha value is -0.610. The molecule has 0 radical (unpaired) electrons. The third-order valence-corrected chi connectivity index (χ3v) is 2.71. The summed E-state index contributed by atoms with van der Waals surface area (Å²) in [6.07, 6.45) is 5.31. The molecule has 0 aromatic heterocycles. The highest BCUT2D eigenvalue weighted by Crippen LogP contribution is 2.14. The van der Waals surface area contributed by atoms with Gasteiger partial charge in [-0.3, -0.25) is 4.79 Å². The predicted molar refractivity (Wildman–Crippen MR) is 62.3 cm³/mol. The van der Waals surface area contributed by atoms with Gasteiger partial charge in [-0.15, -0.1) is 0 Å². The van der Waals surface area contributed by atoms with E-state index in [1.807, 2.05) is 6.92 Å². The van der Waals surface area contributed by atoms with E-state index in [0.29, 0.717) is 19.1 Å². The van der Waals surface area contributed by atoms with Crippen molar-refractivity contribution in [2.75, 3.05) is 26.3 Å². The van der Waals surface area contributed by atoms with Crippen LogP contribution in [0.5, 0.6) is 0 Å². The van der Waals surface area contributed by atoms with Crippen molar-refractivity contribution in [1.29, 1.82) is 0 Å². The van der Waals surface area contributed by atoms with E-state index in [1.54, 1.807) is 0 Å². The molecule has 0 aromatic carbocycles. The fraction of sp³-hybridized carbons (Fsp3) is 0.917. The van der Waals surface area contributed by atoms with Crippen molar-refractivity contribution in [3.8, 4) is 0 Å². The van der Waals surface area contributed by atoms with Gasteiger partial charge in [-0.05, 0) is 45.7 Å². The Bertz CT molecular complexity index is 191. The highest BCUT2D eigenvalue weighted by Gasteiger charge is 2.14. The van der Waals surface area contributed by atoms with Crippen molar-refractivity contribution in [1.82, 2.24) is 5.32 Å². The number of nitrogens with one attached hydrogen (secondary N) is 1. The molecule has 0 amide bonds. The van der Waals surface area contributed by atoms with Crippen molar-refractivity contribution >= 4 is 5.97 Å². The fourth-order valence-electron chi connectivity index (χ4n) is 1.85. The fourth-order valence-corrected chi connectivity index (χ4v) is 1.85. The molecule has 1 heterocycles. The minimum absolute atomic E-state index is 0.0940. The molecule has 1 unspecified atom stereocenters. The summed E-state index contributed by atoms with van der Waals surface area (Å²) in [6.45, 7) is 5.09. The smallest absolute Gasteiger partial charge is 0.305 e. The Morgan fingerprint density at radius 1 is 1.50 bits per heavy atom. The van der Waals surface area contributed by atoms with Gasteiger partial charge in [-0.1, -0.05) is 0 Å². The summed E-state index contributed by atoms with van der Waals surface area (Å²) in [7, 11) is 0. The number of carbonyl (C=O) groups excluding carboxylic acids is 1. The van der Waals surface area contributed by atoms with E-state index in [0.717, 1.165) is 32.5 Å². The Labute approximate surface area is 97.7 Å². The maximum Gasteiger partial charge on any atom is 0.305 e. The van der Waals surface area contributed by atoms with E-state index >= 15 is 0 Å². The predicted octanol–water partition coefficient (Wildman–Crippen LogP) is 1.49. The molecule has 1 rings (SSSR count). The standard InChI is InChI=1S/C12H23NO3/c1-2-15-12(14)6-3-8-13-9-7-11-5-4-10-16-11/h11,13H,2-10H2,1H3. The number of hydrogen-bond donors (Lipinski definition) is 1. The quantitative estimate of drug-likeness (QED) is 0.506. The Morgan fingerprint density at radius 2 is 2.38 bits per heavy atom. The number of ether oxygens (including phenoxy) is 2. The maximum absolute atomic E-state index is 11.0. The minimum atomic E-state index is -0.0940. The van der Waals surface area contributed by atoms with E-state index in [2.05, 4.69) is 5.32 Å². The van der Waals surface area contributed by atoms with Crippen molar-refractivity contribution < 1.29 is 14.3 Å². The van der Waals surface area contributed by atoms with Crippen LogP contribution in [0.2, 0.25) is 0 Å². The van der Waals surface area contributed by atoms with Gasteiger partial charge in [0.1, 0.15) is 0 Å². The lowest BCUT2D eigenvalue weighted by Gasteiger charge is -2.09. The lowest BCUT2D eigenvalue weighted by atomic mass is 10.2. The SMILES string of the molecule is CCOC(=O)CCCNCCC1CCCO1. The summed E-state index contributed by atoms with van der Waals surface area (Å²) in [6, 6.07) is 0. The van der Waals surface area contributed by atoms with Crippen LogP contribution in [-0.4, -0.2) is 38.4 Å². The molecule has 0 spiro atoms. The van der Waals surface area contributed by atoms with Gasteiger partial charge >= 0.3 is 5.97 Å². The largest absolute Gasteiger partial charge is 0.466 e. The molecular weight excluding hydrogens is 206 g/mol. The first-order valence-corrected chi connectivity index (χ1v) is 6.31. The summed E-state index contributed by atoms with van der Waals surface area (Å²) in [5, 5.41) is 3.32. The Balaban J connectivity index is 1.82. The van der Waals surface area contributed by atoms with Gasteiger partial charge in [0, 0.05) is 13.0 Å². The molecule has 0 bridgehead atoms. The third-order valence-electron chi connectivity index (χ3n) is 2.71. The molecule has 1 aliphatic rings. The molecule has 0 aromatic rings. The van der Waals surface area contributed by atoms with Crippen LogP contribution in [0, 0.1) is 0 Å². The average Bonchev–Trinajstić information content (AvgIpc) is 2.76. The summed E-state index contributed by atoms with van der Waals surface area (Å²) in [4.78, 5) is 11.0. The van der Waals surface area contributed by atoms with Gasteiger partial charge in [0.25, 0.3) is 0 Å². The topological polar surface area (TPSA) is 47.6 Å². The van der Waals surface area contributed by atoms with Gasteiger partial charge in [-0.25, -0.2) is 0 Å². The van der Waals surface area contributed by atoms with E-state index in [9.17, 15) is 4.79 Å². The number of rotatable bonds is 8. The second kappa shape index (κ2) is 8.53. The number of carbonyl (C=O) groups is 1. The highest BCUT2D eigenvalue weighted by molar-refractivity contribution is 5.69. The molecule has 1 fully saturated rings. The van der Waals surface area contributed by atoms with E-state index in [-0.39, 0.29) is 5.97 Å².